The van der Waals surface area contributed by atoms with Crippen LogP contribution in [0.5, 0.6) is 0 Å². The van der Waals surface area contributed by atoms with Crippen LogP contribution in [0, 0.1) is 5.92 Å². The molecule has 1 saturated carbocycles. The smallest absolute Gasteiger partial charge is 0.223 e. The van der Waals surface area contributed by atoms with Crippen molar-refractivity contribution in [1.82, 2.24) is 10.3 Å². The summed E-state index contributed by atoms with van der Waals surface area (Å²) >= 11 is 0. The minimum absolute atomic E-state index is 0.101. The lowest BCUT2D eigenvalue weighted by Crippen LogP contribution is -2.47. The van der Waals surface area contributed by atoms with Gasteiger partial charge in [-0.2, -0.15) is 0 Å². The van der Waals surface area contributed by atoms with Crippen molar-refractivity contribution in [2.24, 2.45) is 11.7 Å². The topological polar surface area (TPSA) is 68.0 Å². The van der Waals surface area contributed by atoms with Gasteiger partial charge in [0.1, 0.15) is 0 Å². The van der Waals surface area contributed by atoms with Gasteiger partial charge in [-0.15, -0.1) is 0 Å². The zero-order valence-electron chi connectivity index (χ0n) is 11.0. The third-order valence-corrected chi connectivity index (χ3v) is 3.69. The molecule has 98 valence electrons. The number of carbonyl (C=O) groups is 1. The number of hydrogen-bond donors (Lipinski definition) is 2. The molecule has 0 aromatic carbocycles. The molecule has 0 unspecified atom stereocenters. The van der Waals surface area contributed by atoms with Crippen LogP contribution in [0.3, 0.4) is 0 Å². The van der Waals surface area contributed by atoms with E-state index < -0.39 is 0 Å². The number of nitrogens with zero attached hydrogens (tertiary/aromatic N) is 1. The van der Waals surface area contributed by atoms with Crippen LogP contribution >= 0.6 is 0 Å². The second-order valence-corrected chi connectivity index (χ2v) is 5.77. The first-order valence-corrected chi connectivity index (χ1v) is 6.43. The first-order chi connectivity index (χ1) is 8.49. The van der Waals surface area contributed by atoms with Crippen molar-refractivity contribution >= 4 is 5.91 Å². The molecule has 1 aromatic rings. The van der Waals surface area contributed by atoms with E-state index in [-0.39, 0.29) is 23.3 Å². The number of nitrogens with one attached hydrogen (secondary N) is 1. The predicted molar refractivity (Wildman–Crippen MR) is 71.0 cm³/mol. The van der Waals surface area contributed by atoms with Gasteiger partial charge in [0.25, 0.3) is 0 Å². The number of hydrogen-bond acceptors (Lipinski definition) is 3. The molecule has 0 spiro atoms. The van der Waals surface area contributed by atoms with Crippen LogP contribution in [-0.2, 0) is 10.2 Å². The summed E-state index contributed by atoms with van der Waals surface area (Å²) in [7, 11) is 0. The molecule has 0 radical (unpaired) electrons. The van der Waals surface area contributed by atoms with Gasteiger partial charge in [-0.25, -0.2) is 0 Å². The second-order valence-electron chi connectivity index (χ2n) is 5.77. The third-order valence-electron chi connectivity index (χ3n) is 3.69. The Kier molecular flexibility index (Phi) is 3.66. The van der Waals surface area contributed by atoms with Crippen LogP contribution < -0.4 is 11.1 Å². The SMILES string of the molecule is CC(C)(CNC(=O)C1CC(N)C1)c1cccnc1. The molecule has 4 heteroatoms. The van der Waals surface area contributed by atoms with Gasteiger partial charge in [-0.1, -0.05) is 19.9 Å². The number of pyridine rings is 1. The van der Waals surface area contributed by atoms with Crippen molar-refractivity contribution < 1.29 is 4.79 Å². The molecule has 4 nitrogen and oxygen atoms in total. The van der Waals surface area contributed by atoms with E-state index in [0.29, 0.717) is 6.54 Å². The van der Waals surface area contributed by atoms with E-state index in [0.717, 1.165) is 18.4 Å². The van der Waals surface area contributed by atoms with Gasteiger partial charge >= 0.3 is 0 Å². The highest BCUT2D eigenvalue weighted by molar-refractivity contribution is 5.79. The van der Waals surface area contributed by atoms with Gasteiger partial charge in [0, 0.05) is 36.3 Å². The summed E-state index contributed by atoms with van der Waals surface area (Å²) in [5, 5.41) is 3.02. The molecule has 0 saturated heterocycles. The van der Waals surface area contributed by atoms with Crippen molar-refractivity contribution in [3.05, 3.63) is 30.1 Å². The summed E-state index contributed by atoms with van der Waals surface area (Å²) in [5.74, 6) is 0.248. The maximum absolute atomic E-state index is 11.9. The van der Waals surface area contributed by atoms with E-state index in [1.165, 1.54) is 0 Å². The number of rotatable bonds is 4. The van der Waals surface area contributed by atoms with Crippen molar-refractivity contribution in [1.29, 1.82) is 0 Å². The first kappa shape index (κ1) is 13.0. The Morgan fingerprint density at radius 1 is 1.56 bits per heavy atom. The Labute approximate surface area is 108 Å². The Morgan fingerprint density at radius 2 is 2.28 bits per heavy atom. The van der Waals surface area contributed by atoms with Gasteiger partial charge in [-0.3, -0.25) is 9.78 Å². The summed E-state index contributed by atoms with van der Waals surface area (Å²) in [6, 6.07) is 4.18. The zero-order valence-corrected chi connectivity index (χ0v) is 11.0. The molecular formula is C14H21N3O. The average Bonchev–Trinajstić information content (AvgIpc) is 2.33. The maximum atomic E-state index is 11.9. The predicted octanol–water partition coefficient (Wildman–Crippen LogP) is 1.21. The maximum Gasteiger partial charge on any atom is 0.223 e. The van der Waals surface area contributed by atoms with E-state index in [9.17, 15) is 4.79 Å². The molecule has 2 rings (SSSR count). The highest BCUT2D eigenvalue weighted by atomic mass is 16.1. The molecule has 3 N–H and O–H groups in total. The van der Waals surface area contributed by atoms with Crippen molar-refractivity contribution in [2.75, 3.05) is 6.54 Å². The second kappa shape index (κ2) is 5.06. The molecule has 0 aliphatic heterocycles. The van der Waals surface area contributed by atoms with E-state index in [1.54, 1.807) is 6.20 Å². The van der Waals surface area contributed by atoms with Crippen LogP contribution in [-0.4, -0.2) is 23.5 Å². The fourth-order valence-corrected chi connectivity index (χ4v) is 2.19. The summed E-state index contributed by atoms with van der Waals surface area (Å²) in [6.45, 7) is 4.84. The van der Waals surface area contributed by atoms with Gasteiger partial charge in [0.15, 0.2) is 0 Å². The van der Waals surface area contributed by atoms with Crippen molar-refractivity contribution in [2.45, 2.75) is 38.1 Å². The highest BCUT2D eigenvalue weighted by Crippen LogP contribution is 2.26. The lowest BCUT2D eigenvalue weighted by atomic mass is 9.79. The van der Waals surface area contributed by atoms with E-state index in [1.807, 2.05) is 18.3 Å². The summed E-state index contributed by atoms with van der Waals surface area (Å²) in [5.41, 5.74) is 6.72. The monoisotopic (exact) mass is 247 g/mol. The number of nitrogens with two attached hydrogens (primary N) is 1. The third kappa shape index (κ3) is 2.88. The van der Waals surface area contributed by atoms with Crippen LogP contribution in [0.2, 0.25) is 0 Å². The lowest BCUT2D eigenvalue weighted by molar-refractivity contribution is -0.128. The van der Waals surface area contributed by atoms with Gasteiger partial charge in [0.05, 0.1) is 0 Å². The minimum Gasteiger partial charge on any atom is -0.355 e. The van der Waals surface area contributed by atoms with Crippen molar-refractivity contribution in [3.8, 4) is 0 Å². The van der Waals surface area contributed by atoms with Gasteiger partial charge in [-0.05, 0) is 24.5 Å². The number of aromatic nitrogens is 1. The number of carbonyl (C=O) groups excluding carboxylic acids is 1. The molecule has 1 aromatic heterocycles. The minimum atomic E-state index is -0.101. The lowest BCUT2D eigenvalue weighted by Gasteiger charge is -2.33. The quantitative estimate of drug-likeness (QED) is 0.840. The Bertz CT molecular complexity index is 410. The van der Waals surface area contributed by atoms with Crippen LogP contribution in [0.15, 0.2) is 24.5 Å². The Hall–Kier alpha value is -1.42. The largest absolute Gasteiger partial charge is 0.355 e. The molecule has 0 bridgehead atoms. The highest BCUT2D eigenvalue weighted by Gasteiger charge is 2.32. The van der Waals surface area contributed by atoms with Gasteiger partial charge in [0.2, 0.25) is 5.91 Å². The molecule has 0 atom stereocenters. The average molecular weight is 247 g/mol. The normalized spacial score (nSPS) is 23.3. The van der Waals surface area contributed by atoms with E-state index in [4.69, 9.17) is 5.73 Å². The fourth-order valence-electron chi connectivity index (χ4n) is 2.19. The standard InChI is InChI=1S/C14H21N3O/c1-14(2,11-4-3-5-16-8-11)9-17-13(18)10-6-12(15)7-10/h3-5,8,10,12H,6-7,9,15H2,1-2H3,(H,17,18). The van der Waals surface area contributed by atoms with Crippen LogP contribution in [0.4, 0.5) is 0 Å². The molecular weight excluding hydrogens is 226 g/mol. The zero-order chi connectivity index (χ0) is 13.2. The molecule has 18 heavy (non-hydrogen) atoms. The molecule has 1 fully saturated rings. The summed E-state index contributed by atoms with van der Waals surface area (Å²) in [6.07, 6.45) is 5.25. The van der Waals surface area contributed by atoms with E-state index in [2.05, 4.69) is 24.1 Å². The van der Waals surface area contributed by atoms with Crippen LogP contribution in [0.25, 0.3) is 0 Å². The fraction of sp³-hybridized carbons (Fsp3) is 0.571. The molecule has 1 aliphatic carbocycles. The van der Waals surface area contributed by atoms with Crippen LogP contribution in [0.1, 0.15) is 32.3 Å². The summed E-state index contributed by atoms with van der Waals surface area (Å²) < 4.78 is 0. The van der Waals surface area contributed by atoms with Gasteiger partial charge < -0.3 is 11.1 Å². The molecule has 1 amide bonds. The number of amides is 1. The molecule has 1 heterocycles. The van der Waals surface area contributed by atoms with E-state index >= 15 is 0 Å². The first-order valence-electron chi connectivity index (χ1n) is 6.43. The Morgan fingerprint density at radius 3 is 2.83 bits per heavy atom. The molecule has 1 aliphatic rings. The summed E-state index contributed by atoms with van der Waals surface area (Å²) in [4.78, 5) is 16.0. The van der Waals surface area contributed by atoms with Crippen molar-refractivity contribution in [3.63, 3.8) is 0 Å². The Balaban J connectivity index is 1.87.